The standard InChI is InChI=1S/C24H26N4O3/c1-25-24(30)26-18-6-2-4-16(12-18)19-7-3-5-17-13-21(31-22(17)19)23(29)27-20-14-28-10-8-15(20)9-11-28/h2-7,12-13,15,20H,8-11,14H2,1H3,(H,27,29)(H2,25,26,30). The lowest BCUT2D eigenvalue weighted by molar-refractivity contribution is 0.0607. The van der Waals surface area contributed by atoms with Crippen LogP contribution in [0.15, 0.2) is 52.9 Å². The van der Waals surface area contributed by atoms with Crippen molar-refractivity contribution >= 4 is 28.6 Å². The first-order valence-corrected chi connectivity index (χ1v) is 10.8. The summed E-state index contributed by atoms with van der Waals surface area (Å²) in [7, 11) is 1.57. The maximum atomic E-state index is 12.9. The van der Waals surface area contributed by atoms with Crippen molar-refractivity contribution in [3.8, 4) is 11.1 Å². The molecule has 2 bridgehead atoms. The van der Waals surface area contributed by atoms with E-state index in [9.17, 15) is 9.59 Å². The number of nitrogens with zero attached hydrogens (tertiary/aromatic N) is 1. The van der Waals surface area contributed by atoms with Gasteiger partial charge in [-0.1, -0.05) is 30.3 Å². The molecule has 3 aliphatic heterocycles. The quantitative estimate of drug-likeness (QED) is 0.603. The van der Waals surface area contributed by atoms with Gasteiger partial charge in [-0.25, -0.2) is 4.79 Å². The number of hydrogen-bond donors (Lipinski definition) is 3. The smallest absolute Gasteiger partial charge is 0.318 e. The van der Waals surface area contributed by atoms with E-state index >= 15 is 0 Å². The number of para-hydroxylation sites is 1. The molecule has 1 aromatic heterocycles. The van der Waals surface area contributed by atoms with E-state index in [1.807, 2.05) is 48.5 Å². The number of benzene rings is 2. The minimum atomic E-state index is -0.278. The normalized spacial score (nSPS) is 22.3. The molecule has 3 saturated heterocycles. The highest BCUT2D eigenvalue weighted by Crippen LogP contribution is 2.33. The average Bonchev–Trinajstić information content (AvgIpc) is 3.25. The fourth-order valence-electron chi connectivity index (χ4n) is 4.73. The molecule has 7 nitrogen and oxygen atoms in total. The number of amides is 3. The lowest BCUT2D eigenvalue weighted by Gasteiger charge is -2.44. The van der Waals surface area contributed by atoms with Gasteiger partial charge in [0.2, 0.25) is 0 Å². The van der Waals surface area contributed by atoms with Crippen molar-refractivity contribution in [1.29, 1.82) is 0 Å². The maximum absolute atomic E-state index is 12.9. The summed E-state index contributed by atoms with van der Waals surface area (Å²) in [5.74, 6) is 0.735. The van der Waals surface area contributed by atoms with Crippen LogP contribution in [-0.4, -0.2) is 49.6 Å². The molecule has 2 aromatic carbocycles. The Morgan fingerprint density at radius 1 is 1.06 bits per heavy atom. The second-order valence-corrected chi connectivity index (χ2v) is 8.34. The van der Waals surface area contributed by atoms with E-state index < -0.39 is 0 Å². The number of nitrogens with one attached hydrogen (secondary N) is 3. The third-order valence-electron chi connectivity index (χ3n) is 6.40. The fourth-order valence-corrected chi connectivity index (χ4v) is 4.73. The first-order valence-electron chi connectivity index (χ1n) is 10.8. The van der Waals surface area contributed by atoms with Crippen LogP contribution < -0.4 is 16.0 Å². The summed E-state index contributed by atoms with van der Waals surface area (Å²) in [5.41, 5.74) is 3.12. The Labute approximate surface area is 180 Å². The van der Waals surface area contributed by atoms with Gasteiger partial charge in [0.05, 0.1) is 0 Å². The van der Waals surface area contributed by atoms with E-state index in [0.29, 0.717) is 22.9 Å². The van der Waals surface area contributed by atoms with Crippen molar-refractivity contribution in [1.82, 2.24) is 15.5 Å². The molecular weight excluding hydrogens is 392 g/mol. The predicted octanol–water partition coefficient (Wildman–Crippen LogP) is 3.68. The zero-order chi connectivity index (χ0) is 21.4. The number of carbonyl (C=O) groups excluding carboxylic acids is 2. The number of anilines is 1. The summed E-state index contributed by atoms with van der Waals surface area (Å²) in [5, 5.41) is 9.40. The van der Waals surface area contributed by atoms with E-state index in [2.05, 4.69) is 20.9 Å². The van der Waals surface area contributed by atoms with Crippen molar-refractivity contribution in [2.45, 2.75) is 18.9 Å². The van der Waals surface area contributed by atoms with Crippen LogP contribution >= 0.6 is 0 Å². The number of rotatable bonds is 4. The second-order valence-electron chi connectivity index (χ2n) is 8.34. The summed E-state index contributed by atoms with van der Waals surface area (Å²) in [6.07, 6.45) is 2.30. The van der Waals surface area contributed by atoms with Crippen LogP contribution in [0.1, 0.15) is 23.4 Å². The van der Waals surface area contributed by atoms with Gasteiger partial charge >= 0.3 is 6.03 Å². The summed E-state index contributed by atoms with van der Waals surface area (Å²) in [6, 6.07) is 15.1. The van der Waals surface area contributed by atoms with Crippen LogP contribution in [-0.2, 0) is 0 Å². The van der Waals surface area contributed by atoms with Gasteiger partial charge in [-0.15, -0.1) is 0 Å². The molecule has 31 heavy (non-hydrogen) atoms. The molecule has 1 atom stereocenters. The second kappa shape index (κ2) is 8.07. The summed E-state index contributed by atoms with van der Waals surface area (Å²) in [4.78, 5) is 27.0. The maximum Gasteiger partial charge on any atom is 0.318 e. The molecule has 0 spiro atoms. The van der Waals surface area contributed by atoms with Gasteiger partial charge in [-0.3, -0.25) is 4.79 Å². The Hall–Kier alpha value is -3.32. The van der Waals surface area contributed by atoms with Crippen molar-refractivity contribution in [2.24, 2.45) is 5.92 Å². The summed E-state index contributed by atoms with van der Waals surface area (Å²) < 4.78 is 6.05. The number of urea groups is 1. The molecule has 0 saturated carbocycles. The van der Waals surface area contributed by atoms with E-state index in [-0.39, 0.29) is 18.0 Å². The van der Waals surface area contributed by atoms with E-state index in [4.69, 9.17) is 4.42 Å². The molecular formula is C24H26N4O3. The van der Waals surface area contributed by atoms with Gasteiger partial charge in [0.15, 0.2) is 5.76 Å². The van der Waals surface area contributed by atoms with Crippen LogP contribution in [0.4, 0.5) is 10.5 Å². The van der Waals surface area contributed by atoms with Gasteiger partial charge in [0, 0.05) is 36.3 Å². The van der Waals surface area contributed by atoms with Gasteiger partial charge < -0.3 is 25.3 Å². The number of furan rings is 1. The molecule has 0 radical (unpaired) electrons. The number of piperidine rings is 3. The Morgan fingerprint density at radius 2 is 1.87 bits per heavy atom. The van der Waals surface area contributed by atoms with E-state index in [1.54, 1.807) is 7.05 Å². The monoisotopic (exact) mass is 418 g/mol. The van der Waals surface area contributed by atoms with Crippen molar-refractivity contribution in [3.63, 3.8) is 0 Å². The number of hydrogen-bond acceptors (Lipinski definition) is 4. The lowest BCUT2D eigenvalue weighted by atomic mass is 9.84. The van der Waals surface area contributed by atoms with E-state index in [0.717, 1.165) is 49.0 Å². The molecule has 0 aliphatic carbocycles. The molecule has 3 N–H and O–H groups in total. The minimum absolute atomic E-state index is 0.157. The van der Waals surface area contributed by atoms with Crippen LogP contribution in [0, 0.1) is 5.92 Å². The molecule has 1 unspecified atom stereocenters. The molecule has 7 heteroatoms. The molecule has 3 aromatic rings. The van der Waals surface area contributed by atoms with Gasteiger partial charge in [-0.2, -0.15) is 0 Å². The Bertz CT molecular complexity index is 1130. The zero-order valence-electron chi connectivity index (χ0n) is 17.5. The van der Waals surface area contributed by atoms with Crippen molar-refractivity contribution in [2.75, 3.05) is 32.0 Å². The zero-order valence-corrected chi connectivity index (χ0v) is 17.5. The van der Waals surface area contributed by atoms with Crippen molar-refractivity contribution < 1.29 is 14.0 Å². The van der Waals surface area contributed by atoms with E-state index in [1.165, 1.54) is 0 Å². The number of carbonyl (C=O) groups is 2. The van der Waals surface area contributed by atoms with Crippen LogP contribution in [0.5, 0.6) is 0 Å². The summed E-state index contributed by atoms with van der Waals surface area (Å²) >= 11 is 0. The van der Waals surface area contributed by atoms with Crippen molar-refractivity contribution in [3.05, 3.63) is 54.3 Å². The third-order valence-corrected chi connectivity index (χ3v) is 6.40. The number of fused-ring (bicyclic) bond motifs is 4. The molecule has 3 fully saturated rings. The highest BCUT2D eigenvalue weighted by atomic mass is 16.3. The highest BCUT2D eigenvalue weighted by molar-refractivity contribution is 6.00. The predicted molar refractivity (Wildman–Crippen MR) is 120 cm³/mol. The minimum Gasteiger partial charge on any atom is -0.450 e. The highest BCUT2D eigenvalue weighted by Gasteiger charge is 2.35. The Kier molecular flexibility index (Phi) is 5.11. The Morgan fingerprint density at radius 3 is 2.61 bits per heavy atom. The van der Waals surface area contributed by atoms with Gasteiger partial charge in [0.25, 0.3) is 5.91 Å². The molecule has 6 rings (SSSR count). The molecule has 3 amide bonds. The van der Waals surface area contributed by atoms with Crippen LogP contribution in [0.2, 0.25) is 0 Å². The molecule has 160 valence electrons. The first-order chi connectivity index (χ1) is 15.1. The Balaban J connectivity index is 1.41. The fraction of sp³-hybridized carbons (Fsp3) is 0.333. The topological polar surface area (TPSA) is 86.6 Å². The lowest BCUT2D eigenvalue weighted by Crippen LogP contribution is -2.57. The molecule has 4 heterocycles. The van der Waals surface area contributed by atoms with Gasteiger partial charge in [-0.05, 0) is 55.6 Å². The first kappa shape index (κ1) is 19.6. The SMILES string of the molecule is CNC(=O)Nc1cccc(-c2cccc3cc(C(=O)NC4CN5CCC4CC5)oc23)c1. The van der Waals surface area contributed by atoms with Crippen LogP contribution in [0.25, 0.3) is 22.1 Å². The van der Waals surface area contributed by atoms with Crippen LogP contribution in [0.3, 0.4) is 0 Å². The van der Waals surface area contributed by atoms with Gasteiger partial charge in [0.1, 0.15) is 5.58 Å². The summed E-state index contributed by atoms with van der Waals surface area (Å²) in [6.45, 7) is 3.20. The third kappa shape index (κ3) is 3.88. The largest absolute Gasteiger partial charge is 0.450 e. The molecule has 3 aliphatic rings. The average molecular weight is 418 g/mol.